The van der Waals surface area contributed by atoms with E-state index in [9.17, 15) is 9.90 Å². The van der Waals surface area contributed by atoms with E-state index in [1.807, 2.05) is 6.92 Å². The molecule has 0 atom stereocenters. The van der Waals surface area contributed by atoms with Crippen molar-refractivity contribution in [2.24, 2.45) is 5.41 Å². The predicted molar refractivity (Wildman–Crippen MR) is 62.3 cm³/mol. The van der Waals surface area contributed by atoms with Crippen molar-refractivity contribution in [3.8, 4) is 11.5 Å². The molecule has 0 heterocycles. The largest absolute Gasteiger partial charge is 0.504 e. The highest BCUT2D eigenvalue weighted by molar-refractivity contribution is 5.78. The topological polar surface area (TPSA) is 66.8 Å². The van der Waals surface area contributed by atoms with Gasteiger partial charge in [-0.25, -0.2) is 0 Å². The van der Waals surface area contributed by atoms with Crippen molar-refractivity contribution in [2.45, 2.75) is 26.2 Å². The summed E-state index contributed by atoms with van der Waals surface area (Å²) in [5.74, 6) is -0.285. The molecule has 0 aromatic heterocycles. The van der Waals surface area contributed by atoms with Crippen LogP contribution in [0.1, 0.15) is 25.3 Å². The van der Waals surface area contributed by atoms with Gasteiger partial charge in [0.15, 0.2) is 11.5 Å². The molecule has 4 heteroatoms. The van der Waals surface area contributed by atoms with Crippen molar-refractivity contribution in [3.63, 3.8) is 0 Å². The Kier molecular flexibility index (Phi) is 2.96. The summed E-state index contributed by atoms with van der Waals surface area (Å²) in [7, 11) is 0. The Morgan fingerprint density at radius 2 is 2.18 bits per heavy atom. The molecular weight excluding hydrogens is 220 g/mol. The number of aromatic hydroxyl groups is 1. The number of ether oxygens (including phenoxy) is 1. The number of carboxylic acid groups (broad SMARTS) is 1. The van der Waals surface area contributed by atoms with Crippen LogP contribution in [0.5, 0.6) is 11.5 Å². The lowest BCUT2D eigenvalue weighted by molar-refractivity contribution is -0.143. The van der Waals surface area contributed by atoms with Crippen LogP contribution in [0.2, 0.25) is 0 Å². The summed E-state index contributed by atoms with van der Waals surface area (Å²) >= 11 is 0. The summed E-state index contributed by atoms with van der Waals surface area (Å²) in [5, 5.41) is 19.1. The number of benzene rings is 1. The SMILES string of the molecule is CCOc1cccc(CC2(C(=O)O)CC2)c1O. The van der Waals surface area contributed by atoms with Gasteiger partial charge in [0.2, 0.25) is 0 Å². The minimum Gasteiger partial charge on any atom is -0.504 e. The van der Waals surface area contributed by atoms with Crippen LogP contribution in [-0.4, -0.2) is 22.8 Å². The van der Waals surface area contributed by atoms with Gasteiger partial charge in [0.1, 0.15) is 0 Å². The molecule has 0 amide bonds. The Hall–Kier alpha value is -1.71. The van der Waals surface area contributed by atoms with Gasteiger partial charge < -0.3 is 14.9 Å². The van der Waals surface area contributed by atoms with Crippen molar-refractivity contribution < 1.29 is 19.7 Å². The fourth-order valence-corrected chi connectivity index (χ4v) is 1.96. The number of hydrogen-bond donors (Lipinski definition) is 2. The second kappa shape index (κ2) is 4.28. The molecular formula is C13H16O4. The molecule has 0 saturated heterocycles. The predicted octanol–water partition coefficient (Wildman–Crippen LogP) is 2.20. The Morgan fingerprint density at radius 1 is 1.47 bits per heavy atom. The second-order valence-electron chi connectivity index (χ2n) is 4.46. The number of carboxylic acids is 1. The van der Waals surface area contributed by atoms with Crippen LogP contribution in [0.15, 0.2) is 18.2 Å². The van der Waals surface area contributed by atoms with Crippen LogP contribution < -0.4 is 4.74 Å². The van der Waals surface area contributed by atoms with Crippen molar-refractivity contribution in [1.82, 2.24) is 0 Å². The summed E-state index contributed by atoms with van der Waals surface area (Å²) in [5.41, 5.74) is -0.0154. The lowest BCUT2D eigenvalue weighted by atomic mass is 9.96. The summed E-state index contributed by atoms with van der Waals surface area (Å²) in [6, 6.07) is 5.21. The normalized spacial score (nSPS) is 16.5. The molecule has 0 radical (unpaired) electrons. The number of hydrogen-bond acceptors (Lipinski definition) is 3. The van der Waals surface area contributed by atoms with Gasteiger partial charge >= 0.3 is 5.97 Å². The number of phenolic OH excluding ortho intramolecular Hbond substituents is 1. The average molecular weight is 236 g/mol. The van der Waals surface area contributed by atoms with E-state index < -0.39 is 11.4 Å². The van der Waals surface area contributed by atoms with Gasteiger partial charge in [-0.3, -0.25) is 4.79 Å². The Labute approximate surface area is 99.8 Å². The zero-order valence-electron chi connectivity index (χ0n) is 9.77. The van der Waals surface area contributed by atoms with E-state index in [-0.39, 0.29) is 5.75 Å². The van der Waals surface area contributed by atoms with E-state index in [1.165, 1.54) is 0 Å². The molecule has 0 unspecified atom stereocenters. The molecule has 0 aliphatic heterocycles. The third-order valence-electron chi connectivity index (χ3n) is 3.22. The van der Waals surface area contributed by atoms with Crippen LogP contribution >= 0.6 is 0 Å². The number of aliphatic carboxylic acids is 1. The molecule has 1 aliphatic carbocycles. The molecule has 0 bridgehead atoms. The van der Waals surface area contributed by atoms with Crippen LogP contribution in [0, 0.1) is 5.41 Å². The highest BCUT2D eigenvalue weighted by atomic mass is 16.5. The van der Waals surface area contributed by atoms with E-state index in [0.717, 1.165) is 0 Å². The first kappa shape index (κ1) is 11.8. The molecule has 17 heavy (non-hydrogen) atoms. The molecule has 4 nitrogen and oxygen atoms in total. The summed E-state index contributed by atoms with van der Waals surface area (Å²) < 4.78 is 5.28. The van der Waals surface area contributed by atoms with Crippen molar-refractivity contribution in [2.75, 3.05) is 6.61 Å². The zero-order chi connectivity index (χ0) is 12.5. The molecule has 2 N–H and O–H groups in total. The van der Waals surface area contributed by atoms with Gasteiger partial charge in [0.25, 0.3) is 0 Å². The van der Waals surface area contributed by atoms with Gasteiger partial charge in [-0.15, -0.1) is 0 Å². The Balaban J connectivity index is 2.22. The third-order valence-corrected chi connectivity index (χ3v) is 3.22. The van der Waals surface area contributed by atoms with Gasteiger partial charge in [0.05, 0.1) is 12.0 Å². The van der Waals surface area contributed by atoms with Gasteiger partial charge in [-0.05, 0) is 37.8 Å². The van der Waals surface area contributed by atoms with Gasteiger partial charge in [-0.2, -0.15) is 0 Å². The first-order valence-corrected chi connectivity index (χ1v) is 5.76. The minimum atomic E-state index is -0.779. The van der Waals surface area contributed by atoms with E-state index in [1.54, 1.807) is 18.2 Å². The third kappa shape index (κ3) is 2.20. The zero-order valence-corrected chi connectivity index (χ0v) is 9.77. The molecule has 1 aromatic rings. The fourth-order valence-electron chi connectivity index (χ4n) is 1.96. The van der Waals surface area contributed by atoms with Crippen molar-refractivity contribution >= 4 is 5.97 Å². The Bertz CT molecular complexity index is 435. The van der Waals surface area contributed by atoms with E-state index in [2.05, 4.69) is 0 Å². The number of para-hydroxylation sites is 1. The molecule has 1 aliphatic rings. The van der Waals surface area contributed by atoms with Crippen LogP contribution in [0.4, 0.5) is 0 Å². The standard InChI is InChI=1S/C13H16O4/c1-2-17-10-5-3-4-9(11(10)14)8-13(6-7-13)12(15)16/h3-5,14H,2,6-8H2,1H3,(H,15,16). The summed E-state index contributed by atoms with van der Waals surface area (Å²) in [4.78, 5) is 11.1. The van der Waals surface area contributed by atoms with Gasteiger partial charge in [-0.1, -0.05) is 12.1 Å². The highest BCUT2D eigenvalue weighted by Crippen LogP contribution is 2.50. The lowest BCUT2D eigenvalue weighted by Crippen LogP contribution is -2.17. The number of rotatable bonds is 5. The first-order valence-electron chi connectivity index (χ1n) is 5.76. The van der Waals surface area contributed by atoms with Gasteiger partial charge in [0, 0.05) is 0 Å². The van der Waals surface area contributed by atoms with Crippen molar-refractivity contribution in [3.05, 3.63) is 23.8 Å². The maximum atomic E-state index is 11.1. The minimum absolute atomic E-state index is 0.0712. The molecule has 92 valence electrons. The van der Waals surface area contributed by atoms with E-state index in [0.29, 0.717) is 37.2 Å². The molecule has 1 fully saturated rings. The molecule has 0 spiro atoms. The molecule has 1 saturated carbocycles. The number of phenols is 1. The van der Waals surface area contributed by atoms with Crippen LogP contribution in [-0.2, 0) is 11.2 Å². The lowest BCUT2D eigenvalue weighted by Gasteiger charge is -2.13. The maximum absolute atomic E-state index is 11.1. The summed E-state index contributed by atoms with van der Waals surface area (Å²) in [6.07, 6.45) is 1.73. The molecule has 1 aromatic carbocycles. The smallest absolute Gasteiger partial charge is 0.309 e. The summed E-state index contributed by atoms with van der Waals surface area (Å²) in [6.45, 7) is 2.31. The highest BCUT2D eigenvalue weighted by Gasteiger charge is 2.50. The Morgan fingerprint density at radius 3 is 2.71 bits per heavy atom. The van der Waals surface area contributed by atoms with Crippen LogP contribution in [0.25, 0.3) is 0 Å². The monoisotopic (exact) mass is 236 g/mol. The van der Waals surface area contributed by atoms with E-state index >= 15 is 0 Å². The number of carbonyl (C=O) groups is 1. The quantitative estimate of drug-likeness (QED) is 0.822. The van der Waals surface area contributed by atoms with Crippen molar-refractivity contribution in [1.29, 1.82) is 0 Å². The van der Waals surface area contributed by atoms with Crippen LogP contribution in [0.3, 0.4) is 0 Å². The fraction of sp³-hybridized carbons (Fsp3) is 0.462. The second-order valence-corrected chi connectivity index (χ2v) is 4.46. The average Bonchev–Trinajstić information content (AvgIpc) is 3.05. The maximum Gasteiger partial charge on any atom is 0.309 e. The van der Waals surface area contributed by atoms with E-state index in [4.69, 9.17) is 9.84 Å². The first-order chi connectivity index (χ1) is 8.09. The molecule has 2 rings (SSSR count).